The number of benzene rings is 1. The molecule has 18 heavy (non-hydrogen) atoms. The summed E-state index contributed by atoms with van der Waals surface area (Å²) in [6.45, 7) is 2.07. The van der Waals surface area contributed by atoms with Crippen molar-refractivity contribution in [2.45, 2.75) is 13.5 Å². The second-order valence-electron chi connectivity index (χ2n) is 4.17. The Hall–Kier alpha value is -2.16. The van der Waals surface area contributed by atoms with E-state index in [2.05, 4.69) is 0 Å². The zero-order chi connectivity index (χ0) is 13.0. The van der Waals surface area contributed by atoms with Gasteiger partial charge in [0.25, 0.3) is 0 Å². The number of Topliss-reactive ketones (excluding diaryl/α,β-unsaturated/α-hetero) is 1. The van der Waals surface area contributed by atoms with Crippen molar-refractivity contribution in [3.8, 4) is 5.75 Å². The van der Waals surface area contributed by atoms with Gasteiger partial charge >= 0.3 is 0 Å². The minimum Gasteiger partial charge on any atom is -0.483 e. The van der Waals surface area contributed by atoms with Crippen molar-refractivity contribution in [1.82, 2.24) is 0 Å². The molecule has 2 aromatic rings. The van der Waals surface area contributed by atoms with Crippen LogP contribution in [0.5, 0.6) is 5.75 Å². The molecule has 0 saturated carbocycles. The van der Waals surface area contributed by atoms with E-state index in [1.165, 1.54) is 0 Å². The number of rotatable bonds is 4. The highest BCUT2D eigenvalue weighted by atomic mass is 16.5. The number of hydrogen-bond donors (Lipinski definition) is 0. The number of ketones is 1. The van der Waals surface area contributed by atoms with E-state index in [0.717, 1.165) is 11.4 Å². The number of aromatic nitrogens is 1. The second kappa shape index (κ2) is 5.45. The van der Waals surface area contributed by atoms with Crippen LogP contribution in [0.15, 0.2) is 48.7 Å². The van der Waals surface area contributed by atoms with Crippen LogP contribution >= 0.6 is 0 Å². The lowest BCUT2D eigenvalue weighted by Gasteiger charge is -2.05. The van der Waals surface area contributed by atoms with Crippen LogP contribution < -0.4 is 9.30 Å². The highest BCUT2D eigenvalue weighted by molar-refractivity contribution is 5.94. The van der Waals surface area contributed by atoms with Crippen molar-refractivity contribution in [3.05, 3.63) is 59.9 Å². The minimum atomic E-state index is 0.0657. The summed E-state index contributed by atoms with van der Waals surface area (Å²) in [6, 6.07) is 13.2. The van der Waals surface area contributed by atoms with Crippen LogP contribution in [0.3, 0.4) is 0 Å². The molecular formula is C15H16NO2+. The topological polar surface area (TPSA) is 30.2 Å². The predicted molar refractivity (Wildman–Crippen MR) is 68.4 cm³/mol. The third-order valence-corrected chi connectivity index (χ3v) is 2.81. The van der Waals surface area contributed by atoms with Gasteiger partial charge in [-0.2, -0.15) is 0 Å². The van der Waals surface area contributed by atoms with Crippen LogP contribution in [0.2, 0.25) is 0 Å². The average Bonchev–Trinajstić information content (AvgIpc) is 2.38. The Morgan fingerprint density at radius 1 is 1.17 bits per heavy atom. The van der Waals surface area contributed by atoms with Crippen LogP contribution in [-0.2, 0) is 13.7 Å². The van der Waals surface area contributed by atoms with Crippen LogP contribution in [-0.4, -0.2) is 5.78 Å². The van der Waals surface area contributed by atoms with Crippen LogP contribution in [0, 0.1) is 0 Å². The number of hydrogen-bond acceptors (Lipinski definition) is 2. The highest BCUT2D eigenvalue weighted by Gasteiger charge is 2.05. The monoisotopic (exact) mass is 242 g/mol. The van der Waals surface area contributed by atoms with E-state index in [4.69, 9.17) is 4.74 Å². The fourth-order valence-corrected chi connectivity index (χ4v) is 1.65. The normalized spacial score (nSPS) is 10.1. The van der Waals surface area contributed by atoms with Crippen molar-refractivity contribution in [2.24, 2.45) is 7.05 Å². The predicted octanol–water partition coefficient (Wildman–Crippen LogP) is 2.29. The summed E-state index contributed by atoms with van der Waals surface area (Å²) in [5.41, 5.74) is 1.79. The van der Waals surface area contributed by atoms with Crippen LogP contribution in [0.1, 0.15) is 23.0 Å². The maximum atomic E-state index is 11.1. The van der Waals surface area contributed by atoms with Gasteiger partial charge in [-0.25, -0.2) is 4.57 Å². The quantitative estimate of drug-likeness (QED) is 0.608. The van der Waals surface area contributed by atoms with E-state index in [1.54, 1.807) is 19.1 Å². The molecule has 0 aliphatic carbocycles. The van der Waals surface area contributed by atoms with Gasteiger partial charge < -0.3 is 4.74 Å². The van der Waals surface area contributed by atoms with E-state index in [-0.39, 0.29) is 5.78 Å². The SMILES string of the molecule is CC(=O)c1ccc(OCc2cccc[n+]2C)cc1. The van der Waals surface area contributed by atoms with Gasteiger partial charge in [0.2, 0.25) is 5.69 Å². The molecule has 0 unspecified atom stereocenters. The molecule has 0 spiro atoms. The van der Waals surface area contributed by atoms with Crippen molar-refractivity contribution in [1.29, 1.82) is 0 Å². The Labute approximate surface area is 107 Å². The molecule has 0 N–H and O–H groups in total. The summed E-state index contributed by atoms with van der Waals surface area (Å²) >= 11 is 0. The van der Waals surface area contributed by atoms with Crippen LogP contribution in [0.4, 0.5) is 0 Å². The van der Waals surface area contributed by atoms with Gasteiger partial charge in [0.1, 0.15) is 12.8 Å². The van der Waals surface area contributed by atoms with Gasteiger partial charge in [0.05, 0.1) is 0 Å². The molecule has 0 aliphatic heterocycles. The van der Waals surface area contributed by atoms with E-state index in [1.807, 2.05) is 48.1 Å². The molecule has 0 amide bonds. The Morgan fingerprint density at radius 3 is 2.50 bits per heavy atom. The number of carbonyl (C=O) groups excluding carboxylic acids is 1. The largest absolute Gasteiger partial charge is 0.483 e. The molecule has 3 heteroatoms. The number of aryl methyl sites for hydroxylation is 1. The van der Waals surface area contributed by atoms with Crippen molar-refractivity contribution >= 4 is 5.78 Å². The Bertz CT molecular complexity index is 547. The smallest absolute Gasteiger partial charge is 0.219 e. The highest BCUT2D eigenvalue weighted by Crippen LogP contribution is 2.13. The first-order chi connectivity index (χ1) is 8.66. The lowest BCUT2D eigenvalue weighted by molar-refractivity contribution is -0.680. The van der Waals surface area contributed by atoms with Gasteiger partial charge in [-0.15, -0.1) is 0 Å². The first-order valence-electron chi connectivity index (χ1n) is 5.84. The molecule has 1 heterocycles. The summed E-state index contributed by atoms with van der Waals surface area (Å²) in [5, 5.41) is 0. The van der Waals surface area contributed by atoms with Gasteiger partial charge in [0, 0.05) is 17.7 Å². The molecule has 0 radical (unpaired) electrons. The second-order valence-corrected chi connectivity index (χ2v) is 4.17. The van der Waals surface area contributed by atoms with E-state index in [0.29, 0.717) is 12.2 Å². The molecule has 92 valence electrons. The van der Waals surface area contributed by atoms with E-state index in [9.17, 15) is 4.79 Å². The molecule has 1 aromatic carbocycles. The van der Waals surface area contributed by atoms with Crippen molar-refractivity contribution in [2.75, 3.05) is 0 Å². The Balaban J connectivity index is 2.02. The molecule has 0 atom stereocenters. The molecule has 0 fully saturated rings. The Kier molecular flexibility index (Phi) is 3.72. The summed E-state index contributed by atoms with van der Waals surface area (Å²) in [6.07, 6.45) is 1.98. The molecule has 3 nitrogen and oxygen atoms in total. The van der Waals surface area contributed by atoms with Gasteiger partial charge in [-0.3, -0.25) is 4.79 Å². The van der Waals surface area contributed by atoms with E-state index >= 15 is 0 Å². The fourth-order valence-electron chi connectivity index (χ4n) is 1.65. The van der Waals surface area contributed by atoms with Crippen molar-refractivity contribution in [3.63, 3.8) is 0 Å². The van der Waals surface area contributed by atoms with E-state index < -0.39 is 0 Å². The van der Waals surface area contributed by atoms with Gasteiger partial charge in [-0.1, -0.05) is 0 Å². The molecule has 0 bridgehead atoms. The lowest BCUT2D eigenvalue weighted by Crippen LogP contribution is -2.33. The number of ether oxygens (including phenoxy) is 1. The molecule has 0 saturated heterocycles. The van der Waals surface area contributed by atoms with Crippen LogP contribution in [0.25, 0.3) is 0 Å². The average molecular weight is 242 g/mol. The molecule has 2 rings (SSSR count). The molecule has 0 aliphatic rings. The van der Waals surface area contributed by atoms with Crippen molar-refractivity contribution < 1.29 is 14.1 Å². The summed E-state index contributed by atoms with van der Waals surface area (Å²) in [4.78, 5) is 11.1. The summed E-state index contributed by atoms with van der Waals surface area (Å²) in [5.74, 6) is 0.833. The number of nitrogens with zero attached hydrogens (tertiary/aromatic N) is 1. The first kappa shape index (κ1) is 12.3. The lowest BCUT2D eigenvalue weighted by atomic mass is 10.1. The zero-order valence-electron chi connectivity index (χ0n) is 10.6. The van der Waals surface area contributed by atoms with Gasteiger partial charge in [0.15, 0.2) is 18.6 Å². The first-order valence-corrected chi connectivity index (χ1v) is 5.84. The fraction of sp³-hybridized carbons (Fsp3) is 0.200. The number of carbonyl (C=O) groups is 1. The third kappa shape index (κ3) is 2.94. The minimum absolute atomic E-state index is 0.0657. The third-order valence-electron chi connectivity index (χ3n) is 2.81. The number of pyridine rings is 1. The maximum absolute atomic E-state index is 11.1. The summed E-state index contributed by atoms with van der Waals surface area (Å²) < 4.78 is 7.69. The maximum Gasteiger partial charge on any atom is 0.219 e. The summed E-state index contributed by atoms with van der Waals surface area (Å²) in [7, 11) is 1.98. The van der Waals surface area contributed by atoms with Gasteiger partial charge in [-0.05, 0) is 37.3 Å². The Morgan fingerprint density at radius 2 is 1.89 bits per heavy atom. The molecular weight excluding hydrogens is 226 g/mol. The standard InChI is InChI=1S/C15H16NO2/c1-12(17)13-6-8-15(9-7-13)18-11-14-5-3-4-10-16(14)2/h3-10H,11H2,1-2H3/q+1. The molecule has 1 aromatic heterocycles. The zero-order valence-corrected chi connectivity index (χ0v) is 10.6.